The van der Waals surface area contributed by atoms with Crippen molar-refractivity contribution in [2.24, 2.45) is 0 Å². The molecule has 0 bridgehead atoms. The first-order valence-corrected chi connectivity index (χ1v) is 6.31. The Morgan fingerprint density at radius 2 is 2.00 bits per heavy atom. The number of rotatable bonds is 2. The second kappa shape index (κ2) is 5.00. The predicted molar refractivity (Wildman–Crippen MR) is 70.6 cm³/mol. The van der Waals surface area contributed by atoms with Crippen molar-refractivity contribution in [2.75, 3.05) is 5.32 Å². The maximum atomic E-state index is 12.8. The van der Waals surface area contributed by atoms with Crippen molar-refractivity contribution in [1.29, 1.82) is 0 Å². The molecular formula is C13H9F3N4O3. The van der Waals surface area contributed by atoms with Gasteiger partial charge in [-0.2, -0.15) is 18.2 Å². The highest BCUT2D eigenvalue weighted by Crippen LogP contribution is 2.36. The van der Waals surface area contributed by atoms with Gasteiger partial charge in [0.15, 0.2) is 0 Å². The lowest BCUT2D eigenvalue weighted by molar-refractivity contribution is -0.145. The molecule has 1 aliphatic rings. The molecule has 0 aliphatic carbocycles. The van der Waals surface area contributed by atoms with Crippen LogP contribution in [0.1, 0.15) is 17.4 Å². The van der Waals surface area contributed by atoms with Gasteiger partial charge in [0.2, 0.25) is 5.95 Å². The molecule has 1 aliphatic heterocycles. The van der Waals surface area contributed by atoms with Gasteiger partial charge in [0.05, 0.1) is 0 Å². The van der Waals surface area contributed by atoms with Crippen molar-refractivity contribution in [3.05, 3.63) is 47.4 Å². The number of carboxylic acid groups (broad SMARTS) is 1. The van der Waals surface area contributed by atoms with Gasteiger partial charge in [-0.25, -0.2) is 9.48 Å². The number of phenols is 1. The fraction of sp³-hybridized carbons (Fsp3) is 0.154. The summed E-state index contributed by atoms with van der Waals surface area (Å²) in [6.45, 7) is 0. The van der Waals surface area contributed by atoms with E-state index in [1.54, 1.807) is 6.07 Å². The fourth-order valence-corrected chi connectivity index (χ4v) is 2.20. The number of benzene rings is 1. The van der Waals surface area contributed by atoms with E-state index in [9.17, 15) is 23.1 Å². The zero-order chi connectivity index (χ0) is 16.8. The molecule has 7 nitrogen and oxygen atoms in total. The number of aromatic nitrogens is 3. The number of anilines is 1. The molecular weight excluding hydrogens is 317 g/mol. The van der Waals surface area contributed by atoms with Crippen LogP contribution in [0.15, 0.2) is 36.0 Å². The number of carbonyl (C=O) groups is 1. The maximum Gasteiger partial charge on any atom is 0.453 e. The Bertz CT molecular complexity index is 813. The Morgan fingerprint density at radius 1 is 1.30 bits per heavy atom. The van der Waals surface area contributed by atoms with Crippen molar-refractivity contribution in [1.82, 2.24) is 14.8 Å². The molecule has 0 radical (unpaired) electrons. The number of halogens is 3. The smallest absolute Gasteiger partial charge is 0.453 e. The van der Waals surface area contributed by atoms with Gasteiger partial charge in [-0.1, -0.05) is 18.2 Å². The van der Waals surface area contributed by atoms with Crippen LogP contribution in [0.5, 0.6) is 5.75 Å². The van der Waals surface area contributed by atoms with E-state index in [2.05, 4.69) is 15.4 Å². The van der Waals surface area contributed by atoms with Crippen LogP contribution in [0.25, 0.3) is 0 Å². The number of alkyl halides is 3. The van der Waals surface area contributed by atoms with Crippen molar-refractivity contribution in [3.8, 4) is 5.75 Å². The average Bonchev–Trinajstić information content (AvgIpc) is 2.91. The number of hydrogen-bond acceptors (Lipinski definition) is 5. The Kier molecular flexibility index (Phi) is 3.24. The third-order valence-electron chi connectivity index (χ3n) is 3.21. The van der Waals surface area contributed by atoms with Gasteiger partial charge >= 0.3 is 12.1 Å². The number of carboxylic acids is 1. The van der Waals surface area contributed by atoms with Gasteiger partial charge in [-0.05, 0) is 12.1 Å². The Morgan fingerprint density at radius 3 is 2.61 bits per heavy atom. The number of para-hydroxylation sites is 1. The molecule has 0 saturated carbocycles. The first-order chi connectivity index (χ1) is 10.8. The summed E-state index contributed by atoms with van der Waals surface area (Å²) >= 11 is 0. The van der Waals surface area contributed by atoms with Crippen LogP contribution >= 0.6 is 0 Å². The number of nitrogens with zero attached hydrogens (tertiary/aromatic N) is 3. The van der Waals surface area contributed by atoms with Crippen molar-refractivity contribution in [3.63, 3.8) is 0 Å². The zero-order valence-electron chi connectivity index (χ0n) is 11.2. The molecule has 2 aromatic rings. The van der Waals surface area contributed by atoms with E-state index < -0.39 is 24.0 Å². The molecule has 2 heterocycles. The topological polar surface area (TPSA) is 100 Å². The van der Waals surface area contributed by atoms with Gasteiger partial charge in [-0.3, -0.25) is 0 Å². The predicted octanol–water partition coefficient (Wildman–Crippen LogP) is 1.99. The van der Waals surface area contributed by atoms with Gasteiger partial charge in [0.25, 0.3) is 5.82 Å². The van der Waals surface area contributed by atoms with Crippen molar-refractivity contribution in [2.45, 2.75) is 12.2 Å². The van der Waals surface area contributed by atoms with Gasteiger partial charge in [0, 0.05) is 5.56 Å². The number of aliphatic carboxylic acids is 1. The normalized spacial score (nSPS) is 17.2. The summed E-state index contributed by atoms with van der Waals surface area (Å²) in [4.78, 5) is 14.4. The summed E-state index contributed by atoms with van der Waals surface area (Å²) < 4.78 is 39.2. The van der Waals surface area contributed by atoms with Crippen LogP contribution in [-0.4, -0.2) is 30.9 Å². The molecule has 0 amide bonds. The van der Waals surface area contributed by atoms with Crippen LogP contribution < -0.4 is 5.32 Å². The van der Waals surface area contributed by atoms with E-state index in [-0.39, 0.29) is 23.0 Å². The Labute approximate surface area is 126 Å². The number of phenolic OH excluding ortho intramolecular Hbond substituents is 1. The first-order valence-electron chi connectivity index (χ1n) is 6.31. The minimum Gasteiger partial charge on any atom is -0.508 e. The average molecular weight is 326 g/mol. The van der Waals surface area contributed by atoms with E-state index >= 15 is 0 Å². The van der Waals surface area contributed by atoms with Crippen LogP contribution in [0.2, 0.25) is 0 Å². The monoisotopic (exact) mass is 326 g/mol. The van der Waals surface area contributed by atoms with E-state index in [4.69, 9.17) is 5.11 Å². The molecule has 0 saturated heterocycles. The lowest BCUT2D eigenvalue weighted by atomic mass is 10.0. The molecule has 10 heteroatoms. The summed E-state index contributed by atoms with van der Waals surface area (Å²) in [6.07, 6.45) is -3.63. The lowest BCUT2D eigenvalue weighted by Gasteiger charge is -2.22. The molecule has 0 spiro atoms. The third-order valence-corrected chi connectivity index (χ3v) is 3.21. The van der Waals surface area contributed by atoms with E-state index in [0.717, 1.165) is 10.8 Å². The largest absolute Gasteiger partial charge is 0.508 e. The quantitative estimate of drug-likeness (QED) is 0.780. The van der Waals surface area contributed by atoms with Gasteiger partial charge in [-0.15, -0.1) is 5.10 Å². The zero-order valence-corrected chi connectivity index (χ0v) is 11.2. The summed E-state index contributed by atoms with van der Waals surface area (Å²) in [5.41, 5.74) is -0.153. The second-order valence-electron chi connectivity index (χ2n) is 4.72. The minimum absolute atomic E-state index is 0.199. The molecule has 3 N–H and O–H groups in total. The minimum atomic E-state index is -4.78. The van der Waals surface area contributed by atoms with E-state index in [1.165, 1.54) is 18.2 Å². The number of allylic oxidation sites excluding steroid dienone is 1. The lowest BCUT2D eigenvalue weighted by Crippen LogP contribution is -2.24. The van der Waals surface area contributed by atoms with Crippen molar-refractivity contribution < 1.29 is 28.2 Å². The first kappa shape index (κ1) is 14.9. The summed E-state index contributed by atoms with van der Waals surface area (Å²) in [6, 6.07) is 4.85. The molecule has 1 atom stereocenters. The van der Waals surface area contributed by atoms with E-state index in [1.807, 2.05) is 0 Å². The highest BCUT2D eigenvalue weighted by atomic mass is 19.4. The van der Waals surface area contributed by atoms with Crippen LogP contribution in [0.4, 0.5) is 19.1 Å². The molecule has 1 aromatic carbocycles. The Balaban J connectivity index is 2.17. The molecule has 3 rings (SSSR count). The number of hydrogen-bond donors (Lipinski definition) is 3. The van der Waals surface area contributed by atoms with Crippen molar-refractivity contribution >= 4 is 11.9 Å². The number of nitrogens with one attached hydrogen (secondary N) is 1. The second-order valence-corrected chi connectivity index (χ2v) is 4.72. The molecule has 23 heavy (non-hydrogen) atoms. The molecule has 1 aromatic heterocycles. The molecule has 0 fully saturated rings. The van der Waals surface area contributed by atoms with E-state index in [0.29, 0.717) is 0 Å². The molecule has 1 unspecified atom stereocenters. The van der Waals surface area contributed by atoms with Crippen LogP contribution in [0, 0.1) is 0 Å². The van der Waals surface area contributed by atoms with Gasteiger partial charge in [0.1, 0.15) is 17.5 Å². The number of fused-ring (bicyclic) bond motifs is 1. The highest BCUT2D eigenvalue weighted by molar-refractivity contribution is 5.90. The fourth-order valence-electron chi connectivity index (χ4n) is 2.20. The highest BCUT2D eigenvalue weighted by Gasteiger charge is 2.39. The summed E-state index contributed by atoms with van der Waals surface area (Å²) in [7, 11) is 0. The van der Waals surface area contributed by atoms with Crippen LogP contribution in [0.3, 0.4) is 0 Å². The van der Waals surface area contributed by atoms with Crippen LogP contribution in [-0.2, 0) is 11.0 Å². The standard InChI is InChI=1S/C13H9F3N4O3/c14-13(15,16)11-18-12-17-7(10(22)23)5-8(20(12)19-11)6-3-1-2-4-9(6)21/h1-5,8,21H,(H,22,23)(H,17,18,19). The summed E-state index contributed by atoms with van der Waals surface area (Å²) in [5, 5.41) is 24.7. The van der Waals surface area contributed by atoms with Gasteiger partial charge < -0.3 is 15.5 Å². The maximum absolute atomic E-state index is 12.8. The number of aromatic hydroxyl groups is 1. The third kappa shape index (κ3) is 2.58. The molecule has 120 valence electrons. The SMILES string of the molecule is O=C(O)C1=CC(c2ccccc2O)n2nc(C(F)(F)F)nc2N1. The summed E-state index contributed by atoms with van der Waals surface area (Å²) in [5.74, 6) is -3.34. The Hall–Kier alpha value is -3.04.